The zero-order chi connectivity index (χ0) is 22.2. The van der Waals surface area contributed by atoms with Crippen LogP contribution in [0, 0.1) is 29.6 Å². The molecule has 152 valence electrons. The summed E-state index contributed by atoms with van der Waals surface area (Å²) < 4.78 is 6.70. The van der Waals surface area contributed by atoms with Crippen molar-refractivity contribution in [2.24, 2.45) is 0 Å². The molecule has 3 aromatic carbocycles. The number of nitrogens with zero attached hydrogens (tertiary/aromatic N) is 2. The van der Waals surface area contributed by atoms with E-state index in [-0.39, 0.29) is 12.2 Å². The molecule has 0 aromatic heterocycles. The molecule has 0 aliphatic carbocycles. The molecule has 0 radical (unpaired) electrons. The van der Waals surface area contributed by atoms with Crippen LogP contribution in [-0.4, -0.2) is 5.91 Å². The third kappa shape index (κ3) is 5.82. The number of hydrogen-bond acceptors (Lipinski definition) is 4. The molecule has 0 aliphatic rings. The minimum Gasteiger partial charge on any atom is -0.488 e. The maximum atomic E-state index is 12.6. The van der Waals surface area contributed by atoms with E-state index in [0.29, 0.717) is 22.6 Å². The topological polar surface area (TPSA) is 85.9 Å². The monoisotopic (exact) mass is 471 g/mol. The minimum atomic E-state index is -0.507. The number of nitrogens with one attached hydrogen (secondary N) is 1. The van der Waals surface area contributed by atoms with E-state index in [1.165, 1.54) is 6.08 Å². The van der Waals surface area contributed by atoms with Gasteiger partial charge in [0.1, 0.15) is 24.0 Å². The number of rotatable bonds is 6. The lowest BCUT2D eigenvalue weighted by molar-refractivity contribution is -0.112. The Kier molecular flexibility index (Phi) is 7.22. The Balaban J connectivity index is 1.85. The van der Waals surface area contributed by atoms with Gasteiger partial charge < -0.3 is 10.1 Å². The van der Waals surface area contributed by atoms with Crippen LogP contribution in [0.2, 0.25) is 0 Å². The van der Waals surface area contributed by atoms with Gasteiger partial charge in [-0.25, -0.2) is 0 Å². The molecule has 0 heterocycles. The molecule has 1 amide bonds. The first kappa shape index (κ1) is 21.8. The summed E-state index contributed by atoms with van der Waals surface area (Å²) in [6.07, 6.45) is 1.49. The molecular formula is C25H18BrN3O2. The first-order valence-electron chi connectivity index (χ1n) is 9.40. The predicted molar refractivity (Wildman–Crippen MR) is 123 cm³/mol. The normalized spacial score (nSPS) is 10.6. The second kappa shape index (κ2) is 10.2. The van der Waals surface area contributed by atoms with E-state index in [1.54, 1.807) is 42.5 Å². The van der Waals surface area contributed by atoms with Gasteiger partial charge in [-0.3, -0.25) is 4.79 Å². The first-order valence-corrected chi connectivity index (χ1v) is 10.2. The van der Waals surface area contributed by atoms with E-state index in [0.717, 1.165) is 15.6 Å². The summed E-state index contributed by atoms with van der Waals surface area (Å²) in [6, 6.07) is 23.9. The average Bonchev–Trinajstić information content (AvgIpc) is 2.78. The Hall–Kier alpha value is -3.87. The summed E-state index contributed by atoms with van der Waals surface area (Å²) in [5, 5.41) is 21.5. The van der Waals surface area contributed by atoms with Gasteiger partial charge in [0, 0.05) is 21.3 Å². The molecule has 3 aromatic rings. The van der Waals surface area contributed by atoms with Crippen LogP contribution in [0.15, 0.2) is 76.8 Å². The fourth-order valence-corrected chi connectivity index (χ4v) is 3.19. The highest BCUT2D eigenvalue weighted by Crippen LogP contribution is 2.27. The van der Waals surface area contributed by atoms with Crippen molar-refractivity contribution in [2.75, 3.05) is 5.32 Å². The summed E-state index contributed by atoms with van der Waals surface area (Å²) in [7, 11) is 0. The Morgan fingerprint density at radius 2 is 1.84 bits per heavy atom. The van der Waals surface area contributed by atoms with Gasteiger partial charge in [0.05, 0.1) is 11.6 Å². The van der Waals surface area contributed by atoms with E-state index in [2.05, 4.69) is 27.3 Å². The number of ether oxygens (including phenoxy) is 1. The fraction of sp³-hybridized carbons (Fsp3) is 0.0800. The molecule has 0 unspecified atom stereocenters. The van der Waals surface area contributed by atoms with Gasteiger partial charge in [-0.1, -0.05) is 51.8 Å². The molecule has 0 bridgehead atoms. The van der Waals surface area contributed by atoms with Gasteiger partial charge in [0.25, 0.3) is 5.91 Å². The number of hydrogen-bond donors (Lipinski definition) is 1. The second-order valence-electron chi connectivity index (χ2n) is 6.73. The van der Waals surface area contributed by atoms with Crippen molar-refractivity contribution in [1.82, 2.24) is 0 Å². The van der Waals surface area contributed by atoms with Crippen molar-refractivity contribution >= 4 is 33.6 Å². The van der Waals surface area contributed by atoms with Crippen LogP contribution < -0.4 is 10.1 Å². The number of benzene rings is 3. The number of halogens is 1. The number of aryl methyl sites for hydroxylation is 1. The largest absolute Gasteiger partial charge is 0.488 e. The van der Waals surface area contributed by atoms with E-state index in [9.17, 15) is 15.3 Å². The van der Waals surface area contributed by atoms with Gasteiger partial charge in [0.15, 0.2) is 0 Å². The zero-order valence-electron chi connectivity index (χ0n) is 16.7. The van der Waals surface area contributed by atoms with Crippen molar-refractivity contribution in [3.8, 4) is 17.9 Å². The molecule has 0 fully saturated rings. The van der Waals surface area contributed by atoms with E-state index >= 15 is 0 Å². The molecule has 0 aliphatic heterocycles. The summed E-state index contributed by atoms with van der Waals surface area (Å²) in [4.78, 5) is 12.6. The third-order valence-corrected chi connectivity index (χ3v) is 4.96. The molecule has 6 heteroatoms. The number of carbonyl (C=O) groups is 1. The molecule has 0 spiro atoms. The van der Waals surface area contributed by atoms with Crippen LogP contribution >= 0.6 is 15.9 Å². The summed E-state index contributed by atoms with van der Waals surface area (Å²) in [5.41, 5.74) is 3.48. The van der Waals surface area contributed by atoms with Gasteiger partial charge >= 0.3 is 0 Å². The highest BCUT2D eigenvalue weighted by atomic mass is 79.9. The molecule has 0 saturated heterocycles. The minimum absolute atomic E-state index is 0.0547. The fourth-order valence-electron chi connectivity index (χ4n) is 2.81. The van der Waals surface area contributed by atoms with Gasteiger partial charge in [0.2, 0.25) is 0 Å². The lowest BCUT2D eigenvalue weighted by Crippen LogP contribution is -2.13. The van der Waals surface area contributed by atoms with E-state index in [1.807, 2.05) is 37.3 Å². The first-order chi connectivity index (χ1) is 15.0. The van der Waals surface area contributed by atoms with E-state index < -0.39 is 5.91 Å². The van der Waals surface area contributed by atoms with Crippen molar-refractivity contribution in [3.05, 3.63) is 99.0 Å². The second-order valence-corrected chi connectivity index (χ2v) is 7.65. The Morgan fingerprint density at radius 3 is 2.55 bits per heavy atom. The zero-order valence-corrected chi connectivity index (χ0v) is 18.3. The molecule has 0 atom stereocenters. The lowest BCUT2D eigenvalue weighted by Gasteiger charge is -2.11. The van der Waals surface area contributed by atoms with E-state index in [4.69, 9.17) is 4.74 Å². The molecular weight excluding hydrogens is 454 g/mol. The van der Waals surface area contributed by atoms with Crippen molar-refractivity contribution in [3.63, 3.8) is 0 Å². The maximum Gasteiger partial charge on any atom is 0.266 e. The molecule has 31 heavy (non-hydrogen) atoms. The van der Waals surface area contributed by atoms with Gasteiger partial charge in [-0.2, -0.15) is 10.5 Å². The SMILES string of the molecule is Cc1ccc(NC(=O)/C(C#N)=C/c2cc(Br)ccc2OCc2ccccc2C#N)cc1. The molecule has 3 rings (SSSR count). The molecule has 0 saturated carbocycles. The standard InChI is InChI=1S/C25H18BrN3O2/c1-17-6-9-23(10-7-17)29-25(30)21(15-28)12-20-13-22(26)8-11-24(20)31-16-19-5-3-2-4-18(19)14-27/h2-13H,16H2,1H3,(H,29,30)/b21-12+. The maximum absolute atomic E-state index is 12.6. The van der Waals surface area contributed by atoms with Crippen LogP contribution in [0.3, 0.4) is 0 Å². The van der Waals surface area contributed by atoms with Crippen molar-refractivity contribution in [2.45, 2.75) is 13.5 Å². The van der Waals surface area contributed by atoms with Gasteiger partial charge in [-0.05, 0) is 49.4 Å². The smallest absolute Gasteiger partial charge is 0.266 e. The number of nitriles is 2. The van der Waals surface area contributed by atoms with Crippen LogP contribution in [0.25, 0.3) is 6.08 Å². The Morgan fingerprint density at radius 1 is 1.10 bits per heavy atom. The predicted octanol–water partition coefficient (Wildman–Crippen LogP) is 5.75. The number of carbonyl (C=O) groups excluding carboxylic acids is 1. The summed E-state index contributed by atoms with van der Waals surface area (Å²) in [6.45, 7) is 2.14. The molecule has 5 nitrogen and oxygen atoms in total. The van der Waals surface area contributed by atoms with Crippen molar-refractivity contribution < 1.29 is 9.53 Å². The quantitative estimate of drug-likeness (QED) is 0.366. The van der Waals surface area contributed by atoms with Crippen LogP contribution in [0.5, 0.6) is 5.75 Å². The van der Waals surface area contributed by atoms with Gasteiger partial charge in [-0.15, -0.1) is 0 Å². The number of anilines is 1. The third-order valence-electron chi connectivity index (χ3n) is 4.47. The van der Waals surface area contributed by atoms with Crippen LogP contribution in [-0.2, 0) is 11.4 Å². The Bertz CT molecular complexity index is 1220. The highest BCUT2D eigenvalue weighted by Gasteiger charge is 2.12. The average molecular weight is 472 g/mol. The number of amides is 1. The molecule has 1 N–H and O–H groups in total. The highest BCUT2D eigenvalue weighted by molar-refractivity contribution is 9.10. The summed E-state index contributed by atoms with van der Waals surface area (Å²) in [5.74, 6) is -0.0149. The van der Waals surface area contributed by atoms with Crippen molar-refractivity contribution in [1.29, 1.82) is 10.5 Å². The summed E-state index contributed by atoms with van der Waals surface area (Å²) >= 11 is 3.41. The lowest BCUT2D eigenvalue weighted by atomic mass is 10.1. The Labute approximate surface area is 189 Å². The van der Waals surface area contributed by atoms with Crippen LogP contribution in [0.1, 0.15) is 22.3 Å². The van der Waals surface area contributed by atoms with Crippen LogP contribution in [0.4, 0.5) is 5.69 Å².